The largest absolute Gasteiger partial charge is 0.342 e. The van der Waals surface area contributed by atoms with Gasteiger partial charge in [0.2, 0.25) is 5.91 Å². The zero-order valence-corrected chi connectivity index (χ0v) is 15.9. The fraction of sp³-hybridized carbons (Fsp3) is 0.889. The Bertz CT molecular complexity index is 429. The van der Waals surface area contributed by atoms with Crippen molar-refractivity contribution in [2.45, 2.75) is 69.9 Å². The predicted molar refractivity (Wildman–Crippen MR) is 101 cm³/mol. The van der Waals surface area contributed by atoms with Gasteiger partial charge in [-0.1, -0.05) is 19.3 Å². The van der Waals surface area contributed by atoms with Crippen molar-refractivity contribution in [2.75, 3.05) is 26.2 Å². The number of hydrogen-bond acceptors (Lipinski definition) is 3. The van der Waals surface area contributed by atoms with E-state index in [-0.39, 0.29) is 30.4 Å². The van der Waals surface area contributed by atoms with E-state index in [1.807, 2.05) is 4.90 Å². The summed E-state index contributed by atoms with van der Waals surface area (Å²) in [6, 6.07) is 0.518. The van der Waals surface area contributed by atoms with E-state index in [1.54, 1.807) is 0 Å². The Morgan fingerprint density at radius 2 is 1.48 bits per heavy atom. The summed E-state index contributed by atoms with van der Waals surface area (Å²) in [5, 5.41) is 9.53. The van der Waals surface area contributed by atoms with E-state index >= 15 is 0 Å². The van der Waals surface area contributed by atoms with E-state index in [1.165, 1.54) is 19.3 Å². The predicted octanol–water partition coefficient (Wildman–Crippen LogP) is 2.03. The molecule has 1 atom stereocenters. The van der Waals surface area contributed by atoms with Gasteiger partial charge in [-0.25, -0.2) is 4.79 Å². The molecule has 144 valence electrons. The highest BCUT2D eigenvalue weighted by atomic mass is 35.5. The van der Waals surface area contributed by atoms with Gasteiger partial charge in [-0.15, -0.1) is 12.4 Å². The first-order valence-electron chi connectivity index (χ1n) is 9.79. The molecule has 3 rings (SSSR count). The molecule has 1 unspecified atom stereocenters. The zero-order chi connectivity index (χ0) is 16.8. The molecular weight excluding hydrogens is 340 g/mol. The first kappa shape index (κ1) is 20.3. The van der Waals surface area contributed by atoms with Crippen molar-refractivity contribution in [3.05, 3.63) is 0 Å². The molecule has 2 aliphatic heterocycles. The van der Waals surface area contributed by atoms with E-state index in [9.17, 15) is 9.59 Å². The molecule has 0 spiro atoms. The van der Waals surface area contributed by atoms with Crippen molar-refractivity contribution in [1.29, 1.82) is 0 Å². The molecule has 1 aliphatic carbocycles. The molecule has 6 nitrogen and oxygen atoms in total. The molecule has 3 aliphatic rings. The number of urea groups is 1. The third-order valence-electron chi connectivity index (χ3n) is 5.73. The number of piperidine rings is 2. The number of nitrogens with zero attached hydrogens (tertiary/aromatic N) is 1. The van der Waals surface area contributed by atoms with Crippen LogP contribution in [0.1, 0.15) is 57.8 Å². The average molecular weight is 373 g/mol. The topological polar surface area (TPSA) is 73.5 Å². The minimum absolute atomic E-state index is 0. The smallest absolute Gasteiger partial charge is 0.315 e. The van der Waals surface area contributed by atoms with Gasteiger partial charge in [-0.2, -0.15) is 0 Å². The van der Waals surface area contributed by atoms with Crippen LogP contribution in [0.15, 0.2) is 0 Å². The number of carbonyl (C=O) groups is 2. The Kier molecular flexibility index (Phi) is 8.30. The average Bonchev–Trinajstić information content (AvgIpc) is 2.63. The minimum Gasteiger partial charge on any atom is -0.342 e. The Morgan fingerprint density at radius 1 is 0.840 bits per heavy atom. The second-order valence-electron chi connectivity index (χ2n) is 7.60. The van der Waals surface area contributed by atoms with Crippen LogP contribution in [0.5, 0.6) is 0 Å². The van der Waals surface area contributed by atoms with E-state index < -0.39 is 0 Å². The maximum absolute atomic E-state index is 12.5. The van der Waals surface area contributed by atoms with Crippen molar-refractivity contribution in [3.63, 3.8) is 0 Å². The zero-order valence-electron chi connectivity index (χ0n) is 15.1. The summed E-state index contributed by atoms with van der Waals surface area (Å²) in [6.45, 7) is 3.39. The molecular formula is C18H33ClN4O2. The lowest BCUT2D eigenvalue weighted by Gasteiger charge is -2.35. The molecule has 0 aromatic heterocycles. The fourth-order valence-corrected chi connectivity index (χ4v) is 4.22. The maximum atomic E-state index is 12.5. The van der Waals surface area contributed by atoms with Gasteiger partial charge in [0.25, 0.3) is 0 Å². The van der Waals surface area contributed by atoms with Crippen LogP contribution in [0.3, 0.4) is 0 Å². The number of amides is 3. The first-order valence-corrected chi connectivity index (χ1v) is 9.79. The Hall–Kier alpha value is -1.01. The van der Waals surface area contributed by atoms with Crippen LogP contribution in [0.25, 0.3) is 0 Å². The van der Waals surface area contributed by atoms with Gasteiger partial charge in [0.1, 0.15) is 0 Å². The van der Waals surface area contributed by atoms with Gasteiger partial charge in [-0.05, 0) is 45.1 Å². The van der Waals surface area contributed by atoms with Crippen LogP contribution < -0.4 is 16.0 Å². The Labute approximate surface area is 157 Å². The number of likely N-dealkylation sites (tertiary alicyclic amines) is 1. The number of carbonyl (C=O) groups excluding carboxylic acids is 2. The lowest BCUT2D eigenvalue weighted by Crippen LogP contribution is -2.52. The molecule has 0 radical (unpaired) electrons. The van der Waals surface area contributed by atoms with Crippen molar-refractivity contribution < 1.29 is 9.59 Å². The van der Waals surface area contributed by atoms with Crippen molar-refractivity contribution in [2.24, 2.45) is 5.92 Å². The third-order valence-corrected chi connectivity index (χ3v) is 5.73. The van der Waals surface area contributed by atoms with Crippen molar-refractivity contribution >= 4 is 24.3 Å². The molecule has 0 bridgehead atoms. The van der Waals surface area contributed by atoms with Crippen LogP contribution in [0, 0.1) is 5.92 Å². The van der Waals surface area contributed by atoms with Gasteiger partial charge in [0, 0.05) is 31.7 Å². The lowest BCUT2D eigenvalue weighted by molar-refractivity contribution is -0.137. The van der Waals surface area contributed by atoms with Gasteiger partial charge in [0.15, 0.2) is 0 Å². The second kappa shape index (κ2) is 10.2. The monoisotopic (exact) mass is 372 g/mol. The Balaban J connectivity index is 0.00000225. The molecule has 25 heavy (non-hydrogen) atoms. The van der Waals surface area contributed by atoms with Crippen LogP contribution in [0.4, 0.5) is 4.79 Å². The Morgan fingerprint density at radius 3 is 2.08 bits per heavy atom. The van der Waals surface area contributed by atoms with E-state index in [4.69, 9.17) is 0 Å². The SMILES string of the molecule is Cl.O=C(NC1CCCCC1)NC1CCN(C(=O)C2CCCNC2)CC1. The summed E-state index contributed by atoms with van der Waals surface area (Å²) < 4.78 is 0. The number of halogens is 1. The van der Waals surface area contributed by atoms with Crippen LogP contribution in [-0.2, 0) is 4.79 Å². The molecule has 3 amide bonds. The number of rotatable bonds is 3. The quantitative estimate of drug-likeness (QED) is 0.709. The van der Waals surface area contributed by atoms with Crippen LogP contribution in [0.2, 0.25) is 0 Å². The van der Waals surface area contributed by atoms with E-state index in [2.05, 4.69) is 16.0 Å². The van der Waals surface area contributed by atoms with Gasteiger partial charge in [-0.3, -0.25) is 4.79 Å². The fourth-order valence-electron chi connectivity index (χ4n) is 4.22. The van der Waals surface area contributed by atoms with Gasteiger partial charge < -0.3 is 20.9 Å². The molecule has 7 heteroatoms. The maximum Gasteiger partial charge on any atom is 0.315 e. The normalized spacial score (nSPS) is 25.8. The summed E-state index contributed by atoms with van der Waals surface area (Å²) >= 11 is 0. The standard InChI is InChI=1S/C18H32N4O2.ClH/c23-17(14-5-4-10-19-13-14)22-11-8-16(9-12-22)21-18(24)20-15-6-2-1-3-7-15;/h14-16,19H,1-13H2,(H2,20,21,24);1H. The highest BCUT2D eigenvalue weighted by Gasteiger charge is 2.29. The van der Waals surface area contributed by atoms with E-state index in [0.29, 0.717) is 11.9 Å². The summed E-state index contributed by atoms with van der Waals surface area (Å²) in [4.78, 5) is 26.7. The highest BCUT2D eigenvalue weighted by molar-refractivity contribution is 5.85. The summed E-state index contributed by atoms with van der Waals surface area (Å²) in [5.74, 6) is 0.449. The van der Waals surface area contributed by atoms with E-state index in [0.717, 1.165) is 64.7 Å². The summed E-state index contributed by atoms with van der Waals surface area (Å²) in [6.07, 6.45) is 9.79. The van der Waals surface area contributed by atoms with Crippen LogP contribution >= 0.6 is 12.4 Å². The molecule has 0 aromatic carbocycles. The highest BCUT2D eigenvalue weighted by Crippen LogP contribution is 2.19. The third kappa shape index (κ3) is 6.03. The van der Waals surface area contributed by atoms with Gasteiger partial charge >= 0.3 is 6.03 Å². The molecule has 0 aromatic rings. The van der Waals surface area contributed by atoms with Crippen molar-refractivity contribution in [1.82, 2.24) is 20.9 Å². The van der Waals surface area contributed by atoms with Crippen molar-refractivity contribution in [3.8, 4) is 0 Å². The molecule has 3 fully saturated rings. The molecule has 2 heterocycles. The minimum atomic E-state index is -0.0249. The van der Waals surface area contributed by atoms with Gasteiger partial charge in [0.05, 0.1) is 5.92 Å². The molecule has 3 N–H and O–H groups in total. The van der Waals surface area contributed by atoms with Crippen LogP contribution in [-0.4, -0.2) is 55.1 Å². The number of nitrogens with one attached hydrogen (secondary N) is 3. The molecule has 2 saturated heterocycles. The first-order chi connectivity index (χ1) is 11.7. The summed E-state index contributed by atoms with van der Waals surface area (Å²) in [7, 11) is 0. The molecule has 1 saturated carbocycles. The summed E-state index contributed by atoms with van der Waals surface area (Å²) in [5.41, 5.74) is 0. The number of hydrogen-bond donors (Lipinski definition) is 3. The lowest BCUT2D eigenvalue weighted by atomic mass is 9.95. The second-order valence-corrected chi connectivity index (χ2v) is 7.60.